The van der Waals surface area contributed by atoms with Gasteiger partial charge in [0.2, 0.25) is 0 Å². The van der Waals surface area contributed by atoms with Crippen LogP contribution in [0.25, 0.3) is 0 Å². The molecule has 0 radical (unpaired) electrons. The standard InChI is InChI=1S/C12H12F5NO/c1-19-7-2-3-8(9(4-7)12(15,16)17)10(18)5-11(13,14)6-10/h2-4H,5-6,18H2,1H3. The van der Waals surface area contributed by atoms with Crippen LogP contribution in [-0.2, 0) is 11.7 Å². The van der Waals surface area contributed by atoms with E-state index in [2.05, 4.69) is 0 Å². The van der Waals surface area contributed by atoms with Gasteiger partial charge in [0.25, 0.3) is 5.92 Å². The molecule has 19 heavy (non-hydrogen) atoms. The second-order valence-electron chi connectivity index (χ2n) is 4.77. The largest absolute Gasteiger partial charge is 0.497 e. The van der Waals surface area contributed by atoms with Crippen molar-refractivity contribution in [1.82, 2.24) is 0 Å². The highest BCUT2D eigenvalue weighted by Gasteiger charge is 2.57. The summed E-state index contributed by atoms with van der Waals surface area (Å²) in [7, 11) is 1.23. The maximum absolute atomic E-state index is 12.9. The topological polar surface area (TPSA) is 35.2 Å². The molecule has 0 spiro atoms. The molecule has 0 unspecified atom stereocenters. The van der Waals surface area contributed by atoms with Crippen molar-refractivity contribution in [2.75, 3.05) is 7.11 Å². The number of halogens is 5. The molecule has 1 aromatic rings. The van der Waals surface area contributed by atoms with E-state index in [1.165, 1.54) is 13.2 Å². The van der Waals surface area contributed by atoms with Crippen molar-refractivity contribution in [1.29, 1.82) is 0 Å². The van der Waals surface area contributed by atoms with Crippen LogP contribution in [0, 0.1) is 0 Å². The summed E-state index contributed by atoms with van der Waals surface area (Å²) in [4.78, 5) is 0. The van der Waals surface area contributed by atoms with Gasteiger partial charge in [-0.3, -0.25) is 0 Å². The van der Waals surface area contributed by atoms with Gasteiger partial charge in [0, 0.05) is 12.8 Å². The van der Waals surface area contributed by atoms with Crippen molar-refractivity contribution in [2.45, 2.75) is 30.5 Å². The van der Waals surface area contributed by atoms with Crippen LogP contribution in [0.2, 0.25) is 0 Å². The lowest BCUT2D eigenvalue weighted by Gasteiger charge is -2.45. The Bertz CT molecular complexity index is 489. The number of hydrogen-bond donors (Lipinski definition) is 1. The van der Waals surface area contributed by atoms with Crippen LogP contribution in [0.3, 0.4) is 0 Å². The summed E-state index contributed by atoms with van der Waals surface area (Å²) in [6.45, 7) is 0. The lowest BCUT2D eigenvalue weighted by atomic mass is 9.68. The van der Waals surface area contributed by atoms with Crippen LogP contribution in [0.1, 0.15) is 24.0 Å². The van der Waals surface area contributed by atoms with Crippen molar-refractivity contribution < 1.29 is 26.7 Å². The number of nitrogens with two attached hydrogens (primary N) is 1. The van der Waals surface area contributed by atoms with E-state index in [0.717, 1.165) is 12.1 Å². The van der Waals surface area contributed by atoms with E-state index in [-0.39, 0.29) is 11.3 Å². The zero-order chi connectivity index (χ0) is 14.5. The van der Waals surface area contributed by atoms with E-state index >= 15 is 0 Å². The van der Waals surface area contributed by atoms with E-state index in [1.807, 2.05) is 0 Å². The van der Waals surface area contributed by atoms with Crippen molar-refractivity contribution >= 4 is 0 Å². The molecule has 1 aliphatic rings. The van der Waals surface area contributed by atoms with Crippen molar-refractivity contribution in [3.63, 3.8) is 0 Å². The van der Waals surface area contributed by atoms with E-state index in [9.17, 15) is 22.0 Å². The Morgan fingerprint density at radius 2 is 1.79 bits per heavy atom. The highest BCUT2D eigenvalue weighted by Crippen LogP contribution is 2.52. The van der Waals surface area contributed by atoms with Gasteiger partial charge < -0.3 is 10.5 Å². The maximum Gasteiger partial charge on any atom is 0.416 e. The fourth-order valence-electron chi connectivity index (χ4n) is 2.38. The van der Waals surface area contributed by atoms with E-state index in [0.29, 0.717) is 0 Å². The van der Waals surface area contributed by atoms with E-state index in [1.54, 1.807) is 0 Å². The number of ether oxygens (including phenoxy) is 1. The summed E-state index contributed by atoms with van der Waals surface area (Å²) in [6.07, 6.45) is -6.23. The molecule has 0 heterocycles. The van der Waals surface area contributed by atoms with Crippen molar-refractivity contribution in [3.8, 4) is 5.75 Å². The second kappa shape index (κ2) is 4.06. The van der Waals surface area contributed by atoms with Gasteiger partial charge in [-0.05, 0) is 17.7 Å². The van der Waals surface area contributed by atoms with Gasteiger partial charge in [-0.1, -0.05) is 6.07 Å². The summed E-state index contributed by atoms with van der Waals surface area (Å²) < 4.78 is 69.4. The molecule has 2 nitrogen and oxygen atoms in total. The number of hydrogen-bond acceptors (Lipinski definition) is 2. The summed E-state index contributed by atoms with van der Waals surface area (Å²) in [6, 6.07) is 3.17. The van der Waals surface area contributed by atoms with Crippen LogP contribution in [0.15, 0.2) is 18.2 Å². The SMILES string of the molecule is COc1ccc(C2(N)CC(F)(F)C2)c(C(F)(F)F)c1. The van der Waals surface area contributed by atoms with Gasteiger partial charge in [0.05, 0.1) is 18.2 Å². The first-order valence-electron chi connectivity index (χ1n) is 5.50. The fraction of sp³-hybridized carbons (Fsp3) is 0.500. The molecule has 1 saturated carbocycles. The maximum atomic E-state index is 12.9. The van der Waals surface area contributed by atoms with Crippen molar-refractivity contribution in [2.24, 2.45) is 5.73 Å². The summed E-state index contributed by atoms with van der Waals surface area (Å²) in [5.41, 5.74) is 2.69. The summed E-state index contributed by atoms with van der Waals surface area (Å²) in [5.74, 6) is -3.00. The fourth-order valence-corrected chi connectivity index (χ4v) is 2.38. The molecule has 0 bridgehead atoms. The lowest BCUT2D eigenvalue weighted by Crippen LogP contribution is -2.56. The van der Waals surface area contributed by atoms with Gasteiger partial charge in [0.15, 0.2) is 0 Å². The molecule has 0 atom stereocenters. The van der Waals surface area contributed by atoms with Gasteiger partial charge in [0.1, 0.15) is 5.75 Å². The van der Waals surface area contributed by atoms with Crippen LogP contribution < -0.4 is 10.5 Å². The molecule has 2 N–H and O–H groups in total. The first kappa shape index (κ1) is 14.0. The predicted octanol–water partition coefficient (Wildman–Crippen LogP) is 3.30. The molecule has 0 amide bonds. The second-order valence-corrected chi connectivity index (χ2v) is 4.77. The molecule has 1 fully saturated rings. The number of alkyl halides is 5. The van der Waals surface area contributed by atoms with Crippen LogP contribution >= 0.6 is 0 Å². The zero-order valence-electron chi connectivity index (χ0n) is 10.0. The Balaban J connectivity index is 2.47. The van der Waals surface area contributed by atoms with Crippen molar-refractivity contribution in [3.05, 3.63) is 29.3 Å². The van der Waals surface area contributed by atoms with Gasteiger partial charge in [-0.25, -0.2) is 8.78 Å². The quantitative estimate of drug-likeness (QED) is 0.844. The average Bonchev–Trinajstić information content (AvgIpc) is 2.24. The molecular weight excluding hydrogens is 269 g/mol. The molecule has 7 heteroatoms. The summed E-state index contributed by atoms with van der Waals surface area (Å²) in [5, 5.41) is 0. The third-order valence-corrected chi connectivity index (χ3v) is 3.22. The number of methoxy groups -OCH3 is 1. The molecule has 0 saturated heterocycles. The monoisotopic (exact) mass is 281 g/mol. The number of benzene rings is 1. The Morgan fingerprint density at radius 3 is 2.21 bits per heavy atom. The Hall–Kier alpha value is -1.37. The van der Waals surface area contributed by atoms with Crippen LogP contribution in [0.5, 0.6) is 5.75 Å². The predicted molar refractivity (Wildman–Crippen MR) is 58.0 cm³/mol. The molecule has 106 valence electrons. The van der Waals surface area contributed by atoms with Gasteiger partial charge in [-0.2, -0.15) is 13.2 Å². The molecule has 0 aliphatic heterocycles. The van der Waals surface area contributed by atoms with Gasteiger partial charge >= 0.3 is 6.18 Å². The molecule has 2 rings (SSSR count). The molecule has 1 aromatic carbocycles. The Kier molecular flexibility index (Phi) is 3.00. The van der Waals surface area contributed by atoms with Gasteiger partial charge in [-0.15, -0.1) is 0 Å². The zero-order valence-corrected chi connectivity index (χ0v) is 10.0. The first-order chi connectivity index (χ1) is 8.57. The smallest absolute Gasteiger partial charge is 0.416 e. The Morgan fingerprint density at radius 1 is 1.21 bits per heavy atom. The minimum absolute atomic E-state index is 0.00533. The third-order valence-electron chi connectivity index (χ3n) is 3.22. The van der Waals surface area contributed by atoms with Crippen LogP contribution in [-0.4, -0.2) is 13.0 Å². The minimum Gasteiger partial charge on any atom is -0.497 e. The lowest BCUT2D eigenvalue weighted by molar-refractivity contribution is -0.147. The first-order valence-corrected chi connectivity index (χ1v) is 5.50. The number of rotatable bonds is 2. The third kappa shape index (κ3) is 2.51. The molecule has 0 aromatic heterocycles. The molecule has 1 aliphatic carbocycles. The highest BCUT2D eigenvalue weighted by molar-refractivity contribution is 5.43. The normalized spacial score (nSPS) is 20.8. The van der Waals surface area contributed by atoms with E-state index < -0.39 is 36.0 Å². The minimum atomic E-state index is -4.67. The average molecular weight is 281 g/mol. The molecular formula is C12H12F5NO. The highest BCUT2D eigenvalue weighted by atomic mass is 19.4. The van der Waals surface area contributed by atoms with Crippen LogP contribution in [0.4, 0.5) is 22.0 Å². The van der Waals surface area contributed by atoms with E-state index in [4.69, 9.17) is 10.5 Å². The summed E-state index contributed by atoms with van der Waals surface area (Å²) >= 11 is 0. The Labute approximate surface area is 106 Å².